The Morgan fingerprint density at radius 3 is 2.30 bits per heavy atom. The minimum atomic E-state index is -0.340. The van der Waals surface area contributed by atoms with Gasteiger partial charge in [-0.2, -0.15) is 5.10 Å². The zero-order valence-corrected chi connectivity index (χ0v) is 13.6. The van der Waals surface area contributed by atoms with Gasteiger partial charge in [0.1, 0.15) is 11.5 Å². The first-order valence-electron chi connectivity index (χ1n) is 6.94. The van der Waals surface area contributed by atoms with Crippen LogP contribution in [0.1, 0.15) is 12.5 Å². The minimum absolute atomic E-state index is 0.124. The number of hydrogen-bond donors (Lipinski definition) is 1. The van der Waals surface area contributed by atoms with E-state index in [0.29, 0.717) is 16.5 Å². The molecule has 0 atom stereocenters. The van der Waals surface area contributed by atoms with E-state index in [2.05, 4.69) is 10.5 Å². The average Bonchev–Trinajstić information content (AvgIpc) is 2.59. The van der Waals surface area contributed by atoms with Crippen LogP contribution in [0.5, 0.6) is 11.5 Å². The van der Waals surface area contributed by atoms with Gasteiger partial charge in [0.05, 0.1) is 12.8 Å². The van der Waals surface area contributed by atoms with Gasteiger partial charge in [-0.05, 0) is 61.0 Å². The van der Waals surface area contributed by atoms with E-state index < -0.39 is 0 Å². The normalized spacial score (nSPS) is 11.0. The summed E-state index contributed by atoms with van der Waals surface area (Å²) in [4.78, 5) is 11.7. The van der Waals surface area contributed by atoms with Crippen molar-refractivity contribution in [2.24, 2.45) is 5.10 Å². The molecule has 5 nitrogen and oxygen atoms in total. The van der Waals surface area contributed by atoms with E-state index in [0.717, 1.165) is 11.3 Å². The lowest BCUT2D eigenvalue weighted by molar-refractivity contribution is -0.123. The third kappa shape index (κ3) is 5.30. The lowest BCUT2D eigenvalue weighted by atomic mass is 10.1. The number of methoxy groups -OCH3 is 1. The topological polar surface area (TPSA) is 59.9 Å². The molecule has 0 saturated heterocycles. The summed E-state index contributed by atoms with van der Waals surface area (Å²) in [7, 11) is 1.61. The molecule has 23 heavy (non-hydrogen) atoms. The number of nitrogens with zero attached hydrogens (tertiary/aromatic N) is 1. The highest BCUT2D eigenvalue weighted by Gasteiger charge is 2.03. The summed E-state index contributed by atoms with van der Waals surface area (Å²) < 4.78 is 10.4. The quantitative estimate of drug-likeness (QED) is 0.652. The molecule has 0 saturated carbocycles. The number of carbonyl (C=O) groups excluding carboxylic acids is 1. The molecule has 2 rings (SSSR count). The predicted molar refractivity (Wildman–Crippen MR) is 90.3 cm³/mol. The fourth-order valence-corrected chi connectivity index (χ4v) is 1.88. The average molecular weight is 333 g/mol. The molecule has 120 valence electrons. The van der Waals surface area contributed by atoms with Gasteiger partial charge in [-0.1, -0.05) is 11.6 Å². The molecule has 2 aromatic rings. The molecule has 1 amide bonds. The molecule has 2 aromatic carbocycles. The van der Waals surface area contributed by atoms with E-state index >= 15 is 0 Å². The molecule has 0 aromatic heterocycles. The molecule has 0 unspecified atom stereocenters. The predicted octanol–water partition coefficient (Wildman–Crippen LogP) is 3.27. The Hall–Kier alpha value is -2.53. The van der Waals surface area contributed by atoms with Gasteiger partial charge in [-0.15, -0.1) is 0 Å². The lowest BCUT2D eigenvalue weighted by Crippen LogP contribution is -2.25. The van der Waals surface area contributed by atoms with E-state index in [9.17, 15) is 4.79 Å². The Kier molecular flexibility index (Phi) is 6.00. The van der Waals surface area contributed by atoms with Gasteiger partial charge < -0.3 is 9.47 Å². The first kappa shape index (κ1) is 16.8. The number of halogens is 1. The van der Waals surface area contributed by atoms with Crippen molar-refractivity contribution >= 4 is 23.2 Å². The molecular formula is C17H17ClN2O3. The number of rotatable bonds is 6. The van der Waals surface area contributed by atoms with Crippen LogP contribution in [-0.2, 0) is 4.79 Å². The Bertz CT molecular complexity index is 682. The summed E-state index contributed by atoms with van der Waals surface area (Å²) in [6, 6.07) is 14.2. The third-order valence-electron chi connectivity index (χ3n) is 3.04. The summed E-state index contributed by atoms with van der Waals surface area (Å²) in [5.41, 5.74) is 4.04. The van der Waals surface area contributed by atoms with E-state index in [1.54, 1.807) is 31.4 Å². The number of amides is 1. The fourth-order valence-electron chi connectivity index (χ4n) is 1.75. The summed E-state index contributed by atoms with van der Waals surface area (Å²) in [6.07, 6.45) is 0. The zero-order valence-electron chi connectivity index (χ0n) is 12.9. The van der Waals surface area contributed by atoms with Crippen LogP contribution in [0.15, 0.2) is 53.6 Å². The first-order valence-corrected chi connectivity index (χ1v) is 7.32. The van der Waals surface area contributed by atoms with Crippen LogP contribution in [0, 0.1) is 0 Å². The van der Waals surface area contributed by atoms with Crippen molar-refractivity contribution in [2.75, 3.05) is 13.7 Å². The molecule has 0 aliphatic heterocycles. The zero-order chi connectivity index (χ0) is 16.7. The summed E-state index contributed by atoms with van der Waals surface area (Å²) >= 11 is 5.78. The van der Waals surface area contributed by atoms with Gasteiger partial charge in [0, 0.05) is 5.02 Å². The van der Waals surface area contributed by atoms with Gasteiger partial charge in [0.15, 0.2) is 6.61 Å². The Balaban J connectivity index is 1.85. The Morgan fingerprint density at radius 1 is 1.09 bits per heavy atom. The maximum atomic E-state index is 11.7. The van der Waals surface area contributed by atoms with Gasteiger partial charge in [0.25, 0.3) is 5.91 Å². The number of nitrogens with one attached hydrogen (secondary N) is 1. The third-order valence-corrected chi connectivity index (χ3v) is 3.29. The van der Waals surface area contributed by atoms with Gasteiger partial charge in [-0.3, -0.25) is 4.79 Å². The monoisotopic (exact) mass is 332 g/mol. The van der Waals surface area contributed by atoms with E-state index in [1.807, 2.05) is 31.2 Å². The van der Waals surface area contributed by atoms with Crippen molar-refractivity contribution in [3.05, 3.63) is 59.1 Å². The second kappa shape index (κ2) is 8.19. The van der Waals surface area contributed by atoms with Crippen molar-refractivity contribution in [3.8, 4) is 11.5 Å². The lowest BCUT2D eigenvalue weighted by Gasteiger charge is -2.06. The molecule has 0 aliphatic rings. The highest BCUT2D eigenvalue weighted by atomic mass is 35.5. The molecular weight excluding hydrogens is 316 g/mol. The smallest absolute Gasteiger partial charge is 0.277 e. The molecule has 0 radical (unpaired) electrons. The van der Waals surface area contributed by atoms with Crippen LogP contribution in [0.25, 0.3) is 0 Å². The molecule has 0 bridgehead atoms. The van der Waals surface area contributed by atoms with Crippen molar-refractivity contribution in [1.82, 2.24) is 5.43 Å². The Morgan fingerprint density at radius 2 is 1.70 bits per heavy atom. The van der Waals surface area contributed by atoms with E-state index in [-0.39, 0.29) is 12.5 Å². The van der Waals surface area contributed by atoms with Crippen molar-refractivity contribution < 1.29 is 14.3 Å². The second-order valence-corrected chi connectivity index (χ2v) is 5.14. The Labute approximate surface area is 139 Å². The van der Waals surface area contributed by atoms with E-state index in [4.69, 9.17) is 21.1 Å². The van der Waals surface area contributed by atoms with Crippen LogP contribution in [0.4, 0.5) is 0 Å². The van der Waals surface area contributed by atoms with Crippen molar-refractivity contribution in [2.45, 2.75) is 6.92 Å². The number of carbonyl (C=O) groups is 1. The van der Waals surface area contributed by atoms with Crippen LogP contribution < -0.4 is 14.9 Å². The molecule has 0 spiro atoms. The highest BCUT2D eigenvalue weighted by molar-refractivity contribution is 6.30. The van der Waals surface area contributed by atoms with Gasteiger partial charge >= 0.3 is 0 Å². The second-order valence-electron chi connectivity index (χ2n) is 4.70. The number of hydrogen-bond acceptors (Lipinski definition) is 4. The number of benzene rings is 2. The molecule has 0 heterocycles. The largest absolute Gasteiger partial charge is 0.497 e. The van der Waals surface area contributed by atoms with Gasteiger partial charge in [-0.25, -0.2) is 5.43 Å². The summed E-state index contributed by atoms with van der Waals surface area (Å²) in [5, 5.41) is 4.66. The molecule has 0 fully saturated rings. The van der Waals surface area contributed by atoms with Crippen LogP contribution in [0.2, 0.25) is 5.02 Å². The summed E-state index contributed by atoms with van der Waals surface area (Å²) in [5.74, 6) is 0.996. The first-order chi connectivity index (χ1) is 11.1. The summed E-state index contributed by atoms with van der Waals surface area (Å²) in [6.45, 7) is 1.68. The molecule has 6 heteroatoms. The maximum absolute atomic E-state index is 11.7. The van der Waals surface area contributed by atoms with Crippen molar-refractivity contribution in [1.29, 1.82) is 0 Å². The van der Waals surface area contributed by atoms with Crippen molar-refractivity contribution in [3.63, 3.8) is 0 Å². The van der Waals surface area contributed by atoms with Gasteiger partial charge in [0.2, 0.25) is 0 Å². The highest BCUT2D eigenvalue weighted by Crippen LogP contribution is 2.15. The number of hydrazone groups is 1. The maximum Gasteiger partial charge on any atom is 0.277 e. The fraction of sp³-hybridized carbons (Fsp3) is 0.176. The SMILES string of the molecule is COc1ccc(/C(C)=N/NC(=O)COc2ccc(Cl)cc2)cc1. The minimum Gasteiger partial charge on any atom is -0.497 e. The molecule has 0 aliphatic carbocycles. The number of ether oxygens (including phenoxy) is 2. The molecule has 1 N–H and O–H groups in total. The standard InChI is InChI=1S/C17H17ClN2O3/c1-12(13-3-7-15(22-2)8-4-13)19-20-17(21)11-23-16-9-5-14(18)6-10-16/h3-10H,11H2,1-2H3,(H,20,21)/b19-12+. The van der Waals surface area contributed by atoms with Crippen LogP contribution >= 0.6 is 11.6 Å². The van der Waals surface area contributed by atoms with E-state index in [1.165, 1.54) is 0 Å². The van der Waals surface area contributed by atoms with Crippen LogP contribution in [0.3, 0.4) is 0 Å². The van der Waals surface area contributed by atoms with Crippen LogP contribution in [-0.4, -0.2) is 25.3 Å².